The average molecular weight is 559 g/mol. The number of rotatable bonds is 7. The lowest BCUT2D eigenvalue weighted by Crippen LogP contribution is -2.51. The molecule has 4 aliphatic carbocycles. The topological polar surface area (TPSA) is 56.5 Å². The number of allylic oxidation sites excluding steroid dienone is 1. The minimum atomic E-state index is -0.622. The molecule has 4 heteroatoms. The van der Waals surface area contributed by atoms with Crippen LogP contribution in [0.5, 0.6) is 0 Å². The first-order chi connectivity index (χ1) is 19.6. The van der Waals surface area contributed by atoms with Gasteiger partial charge in [0.1, 0.15) is 17.3 Å². The van der Waals surface area contributed by atoms with Crippen LogP contribution in [0, 0.1) is 46.3 Å². The largest absolute Gasteiger partial charge is 0.458 e. The second kappa shape index (κ2) is 11.0. The highest BCUT2D eigenvalue weighted by atomic mass is 16.5. The Labute approximate surface area is 246 Å². The number of carbonyl (C=O) groups excluding carboxylic acids is 1. The molecule has 4 aliphatic rings. The number of carbonyl (C=O) groups is 1. The number of hydrogen-bond acceptors (Lipinski definition) is 4. The fourth-order valence-corrected chi connectivity index (χ4v) is 10.2. The number of ether oxygens (including phenoxy) is 1. The summed E-state index contributed by atoms with van der Waals surface area (Å²) in [7, 11) is 0. The van der Waals surface area contributed by atoms with E-state index >= 15 is 0 Å². The van der Waals surface area contributed by atoms with Gasteiger partial charge < -0.3 is 9.15 Å². The molecule has 6 rings (SSSR count). The van der Waals surface area contributed by atoms with Crippen LogP contribution >= 0.6 is 0 Å². The molecule has 8 atom stereocenters. The van der Waals surface area contributed by atoms with Crippen molar-refractivity contribution >= 4 is 16.9 Å². The second-order valence-electron chi connectivity index (χ2n) is 15.0. The standard InChI is InChI=1S/C37H50O4/c1-23(2)9-8-10-24(3)30-15-16-31-28-14-13-26-22-27(17-19-36(26,4)32(28)18-20-37(30,31)5)40-34(38)29-21-25-11-6-7-12-33(25)41-35(29)39/h6-7,11-13,21,23-24,27-28,30-32H,8-10,14-20,22H2,1-5H3. The molecule has 0 aliphatic heterocycles. The quantitative estimate of drug-likeness (QED) is 0.193. The Kier molecular flexibility index (Phi) is 7.74. The van der Waals surface area contributed by atoms with Crippen LogP contribution in [-0.2, 0) is 4.74 Å². The second-order valence-corrected chi connectivity index (χ2v) is 15.0. The zero-order valence-electron chi connectivity index (χ0n) is 25.9. The molecule has 0 amide bonds. The Morgan fingerprint density at radius 1 is 1.02 bits per heavy atom. The van der Waals surface area contributed by atoms with Crippen LogP contribution in [0.25, 0.3) is 11.0 Å². The van der Waals surface area contributed by atoms with E-state index in [4.69, 9.17) is 9.15 Å². The predicted octanol–water partition coefficient (Wildman–Crippen LogP) is 9.36. The fraction of sp³-hybridized carbons (Fsp3) is 0.676. The SMILES string of the molecule is CC(C)CCCC(C)C1CCC2C3CC=C4CC(OC(=O)c5cc6ccccc6oc5=O)CCC4(C)C3CCC12C. The lowest BCUT2D eigenvalue weighted by molar-refractivity contribution is -0.0595. The third-order valence-electron chi connectivity index (χ3n) is 12.4. The minimum absolute atomic E-state index is 0.00416. The molecule has 0 bridgehead atoms. The van der Waals surface area contributed by atoms with Gasteiger partial charge in [-0.2, -0.15) is 0 Å². The van der Waals surface area contributed by atoms with E-state index in [1.165, 1.54) is 56.9 Å². The molecule has 0 N–H and O–H groups in total. The lowest BCUT2D eigenvalue weighted by Gasteiger charge is -2.58. The van der Waals surface area contributed by atoms with Crippen molar-refractivity contribution in [3.8, 4) is 0 Å². The summed E-state index contributed by atoms with van der Waals surface area (Å²) in [6.07, 6.45) is 15.9. The van der Waals surface area contributed by atoms with E-state index in [2.05, 4.69) is 40.7 Å². The molecule has 0 saturated heterocycles. The predicted molar refractivity (Wildman–Crippen MR) is 165 cm³/mol. The first-order valence-corrected chi connectivity index (χ1v) is 16.5. The highest BCUT2D eigenvalue weighted by Gasteiger charge is 2.59. The van der Waals surface area contributed by atoms with Crippen molar-refractivity contribution < 1.29 is 13.9 Å². The Balaban J connectivity index is 1.13. The molecule has 4 nitrogen and oxygen atoms in total. The third kappa shape index (κ3) is 5.12. The van der Waals surface area contributed by atoms with Gasteiger partial charge in [0.05, 0.1) is 0 Å². The van der Waals surface area contributed by atoms with Gasteiger partial charge in [-0.1, -0.05) is 83.7 Å². The molecule has 3 saturated carbocycles. The van der Waals surface area contributed by atoms with Gasteiger partial charge in [0.15, 0.2) is 0 Å². The van der Waals surface area contributed by atoms with Gasteiger partial charge in [-0.3, -0.25) is 0 Å². The van der Waals surface area contributed by atoms with Crippen LogP contribution in [0.1, 0.15) is 116 Å². The summed E-state index contributed by atoms with van der Waals surface area (Å²) in [6.45, 7) is 12.4. The summed E-state index contributed by atoms with van der Waals surface area (Å²) in [6, 6.07) is 8.89. The molecule has 1 aromatic heterocycles. The summed E-state index contributed by atoms with van der Waals surface area (Å²) >= 11 is 0. The Morgan fingerprint density at radius 2 is 1.83 bits per heavy atom. The van der Waals surface area contributed by atoms with E-state index < -0.39 is 11.6 Å². The van der Waals surface area contributed by atoms with Gasteiger partial charge in [-0.15, -0.1) is 0 Å². The fourth-order valence-electron chi connectivity index (χ4n) is 10.2. The van der Waals surface area contributed by atoms with Crippen molar-refractivity contribution in [3.63, 3.8) is 0 Å². The highest BCUT2D eigenvalue weighted by molar-refractivity contribution is 5.92. The number of fused-ring (bicyclic) bond motifs is 6. The molecule has 8 unspecified atom stereocenters. The van der Waals surface area contributed by atoms with Crippen molar-refractivity contribution in [2.45, 2.75) is 111 Å². The van der Waals surface area contributed by atoms with E-state index in [0.29, 0.717) is 11.0 Å². The first-order valence-electron chi connectivity index (χ1n) is 16.5. The lowest BCUT2D eigenvalue weighted by atomic mass is 9.47. The number of esters is 1. The number of para-hydroxylation sites is 1. The van der Waals surface area contributed by atoms with E-state index in [-0.39, 0.29) is 17.1 Å². The molecular formula is C37H50O4. The van der Waals surface area contributed by atoms with Gasteiger partial charge in [0, 0.05) is 11.8 Å². The van der Waals surface area contributed by atoms with E-state index in [9.17, 15) is 9.59 Å². The van der Waals surface area contributed by atoms with Crippen molar-refractivity contribution in [1.29, 1.82) is 0 Å². The third-order valence-corrected chi connectivity index (χ3v) is 12.4. The van der Waals surface area contributed by atoms with Crippen LogP contribution < -0.4 is 5.63 Å². The van der Waals surface area contributed by atoms with Crippen LogP contribution in [0.15, 0.2) is 51.2 Å². The van der Waals surface area contributed by atoms with Crippen LogP contribution in [-0.4, -0.2) is 12.1 Å². The molecule has 41 heavy (non-hydrogen) atoms. The molecule has 2 aromatic rings. The van der Waals surface area contributed by atoms with Crippen molar-refractivity contribution in [2.75, 3.05) is 0 Å². The van der Waals surface area contributed by atoms with E-state index in [1.807, 2.05) is 18.2 Å². The maximum absolute atomic E-state index is 13.1. The Bertz CT molecular complexity index is 1370. The zero-order chi connectivity index (χ0) is 28.9. The summed E-state index contributed by atoms with van der Waals surface area (Å²) < 4.78 is 11.4. The summed E-state index contributed by atoms with van der Waals surface area (Å²) in [4.78, 5) is 25.6. The van der Waals surface area contributed by atoms with Gasteiger partial charge in [0.25, 0.3) is 0 Å². The number of hydrogen-bond donors (Lipinski definition) is 0. The maximum atomic E-state index is 13.1. The van der Waals surface area contributed by atoms with Gasteiger partial charge in [-0.05, 0) is 103 Å². The Morgan fingerprint density at radius 3 is 2.63 bits per heavy atom. The average Bonchev–Trinajstić information content (AvgIpc) is 3.30. The monoisotopic (exact) mass is 558 g/mol. The summed E-state index contributed by atoms with van der Waals surface area (Å²) in [5.41, 5.74) is 2.05. The molecule has 1 heterocycles. The molecular weight excluding hydrogens is 508 g/mol. The number of benzene rings is 1. The minimum Gasteiger partial charge on any atom is -0.458 e. The molecule has 222 valence electrons. The molecule has 3 fully saturated rings. The Hall–Kier alpha value is -2.36. The summed E-state index contributed by atoms with van der Waals surface area (Å²) in [5.74, 6) is 4.33. The van der Waals surface area contributed by atoms with Crippen molar-refractivity contribution in [3.05, 3.63) is 58.0 Å². The molecule has 0 radical (unpaired) electrons. The van der Waals surface area contributed by atoms with E-state index in [1.54, 1.807) is 12.1 Å². The van der Waals surface area contributed by atoms with Crippen LogP contribution in [0.4, 0.5) is 0 Å². The van der Waals surface area contributed by atoms with Crippen LogP contribution in [0.3, 0.4) is 0 Å². The van der Waals surface area contributed by atoms with Gasteiger partial charge in [0.2, 0.25) is 0 Å². The van der Waals surface area contributed by atoms with Crippen molar-refractivity contribution in [2.24, 2.45) is 46.3 Å². The normalized spacial score (nSPS) is 35.4. The van der Waals surface area contributed by atoms with Gasteiger partial charge in [-0.25, -0.2) is 9.59 Å². The summed E-state index contributed by atoms with van der Waals surface area (Å²) in [5, 5.41) is 0.736. The van der Waals surface area contributed by atoms with E-state index in [0.717, 1.165) is 60.2 Å². The zero-order valence-corrected chi connectivity index (χ0v) is 25.9. The first kappa shape index (κ1) is 28.7. The van der Waals surface area contributed by atoms with Gasteiger partial charge >= 0.3 is 11.6 Å². The smallest absolute Gasteiger partial charge is 0.351 e. The maximum Gasteiger partial charge on any atom is 0.351 e. The van der Waals surface area contributed by atoms with Crippen LogP contribution in [0.2, 0.25) is 0 Å². The highest BCUT2D eigenvalue weighted by Crippen LogP contribution is 2.67. The molecule has 0 spiro atoms. The van der Waals surface area contributed by atoms with Crippen molar-refractivity contribution in [1.82, 2.24) is 0 Å². The molecule has 1 aromatic carbocycles.